The van der Waals surface area contributed by atoms with Gasteiger partial charge in [0.05, 0.1) is 17.3 Å². The molecule has 0 saturated carbocycles. The second-order valence-corrected chi connectivity index (χ2v) is 8.32. The lowest BCUT2D eigenvalue weighted by atomic mass is 9.84. The molecule has 154 valence electrons. The van der Waals surface area contributed by atoms with Crippen molar-refractivity contribution >= 4 is 17.7 Å². The van der Waals surface area contributed by atoms with Crippen molar-refractivity contribution in [2.24, 2.45) is 0 Å². The third-order valence-corrected chi connectivity index (χ3v) is 6.47. The SMILES string of the molecule is O=C(O)CC(O)/C=C/CCSC(c1ccccc1)(c1ccccc1)c1ccccc1. The van der Waals surface area contributed by atoms with Crippen LogP contribution in [0.25, 0.3) is 0 Å². The Bertz CT molecular complexity index is 843. The first kappa shape index (κ1) is 21.9. The smallest absolute Gasteiger partial charge is 0.306 e. The summed E-state index contributed by atoms with van der Waals surface area (Å²) in [5, 5.41) is 18.5. The fraction of sp³-hybridized carbons (Fsp3) is 0.192. The molecule has 0 fully saturated rings. The topological polar surface area (TPSA) is 57.5 Å². The van der Waals surface area contributed by atoms with Crippen LogP contribution < -0.4 is 0 Å². The molecule has 1 atom stereocenters. The van der Waals surface area contributed by atoms with Gasteiger partial charge in [0, 0.05) is 0 Å². The third kappa shape index (κ3) is 5.41. The highest BCUT2D eigenvalue weighted by Gasteiger charge is 2.36. The van der Waals surface area contributed by atoms with Gasteiger partial charge < -0.3 is 10.2 Å². The maximum Gasteiger partial charge on any atom is 0.306 e. The Labute approximate surface area is 182 Å². The minimum atomic E-state index is -1.00. The summed E-state index contributed by atoms with van der Waals surface area (Å²) in [5.41, 5.74) is 3.63. The Kier molecular flexibility index (Phi) is 7.89. The van der Waals surface area contributed by atoms with Crippen molar-refractivity contribution in [3.05, 3.63) is 120 Å². The van der Waals surface area contributed by atoms with E-state index in [0.717, 1.165) is 12.2 Å². The number of rotatable bonds is 10. The molecule has 0 aliphatic carbocycles. The fourth-order valence-electron chi connectivity index (χ4n) is 3.55. The van der Waals surface area contributed by atoms with Crippen LogP contribution in [0.2, 0.25) is 0 Å². The highest BCUT2D eigenvalue weighted by atomic mass is 32.2. The number of aliphatic hydroxyl groups is 1. The lowest BCUT2D eigenvalue weighted by Gasteiger charge is -2.35. The van der Waals surface area contributed by atoms with Crippen LogP contribution in [0.1, 0.15) is 29.5 Å². The minimum Gasteiger partial charge on any atom is -0.481 e. The van der Waals surface area contributed by atoms with Gasteiger partial charge in [-0.25, -0.2) is 0 Å². The number of carboxylic acid groups (broad SMARTS) is 1. The maximum atomic E-state index is 10.7. The van der Waals surface area contributed by atoms with Crippen molar-refractivity contribution in [1.82, 2.24) is 0 Å². The molecule has 0 bridgehead atoms. The molecule has 3 nitrogen and oxygen atoms in total. The number of hydrogen-bond donors (Lipinski definition) is 2. The van der Waals surface area contributed by atoms with E-state index in [-0.39, 0.29) is 11.2 Å². The maximum absolute atomic E-state index is 10.7. The molecule has 2 N–H and O–H groups in total. The van der Waals surface area contributed by atoms with E-state index in [1.165, 1.54) is 16.7 Å². The van der Waals surface area contributed by atoms with E-state index in [9.17, 15) is 9.90 Å². The fourth-order valence-corrected chi connectivity index (χ4v) is 5.02. The van der Waals surface area contributed by atoms with Gasteiger partial charge >= 0.3 is 5.97 Å². The molecule has 1 unspecified atom stereocenters. The van der Waals surface area contributed by atoms with E-state index in [4.69, 9.17) is 5.11 Å². The van der Waals surface area contributed by atoms with E-state index < -0.39 is 12.1 Å². The van der Waals surface area contributed by atoms with Crippen molar-refractivity contribution in [1.29, 1.82) is 0 Å². The summed E-state index contributed by atoms with van der Waals surface area (Å²) >= 11 is 1.84. The molecule has 0 aliphatic heterocycles. The number of hydrogen-bond acceptors (Lipinski definition) is 3. The van der Waals surface area contributed by atoms with Crippen LogP contribution in [0.4, 0.5) is 0 Å². The van der Waals surface area contributed by atoms with Crippen molar-refractivity contribution < 1.29 is 15.0 Å². The highest BCUT2D eigenvalue weighted by molar-refractivity contribution is 8.00. The Morgan fingerprint density at radius 2 is 1.27 bits per heavy atom. The van der Waals surface area contributed by atoms with Gasteiger partial charge in [-0.1, -0.05) is 103 Å². The summed E-state index contributed by atoms with van der Waals surface area (Å²) in [5.74, 6) is -0.188. The Morgan fingerprint density at radius 1 is 0.833 bits per heavy atom. The van der Waals surface area contributed by atoms with Crippen molar-refractivity contribution in [2.75, 3.05) is 5.75 Å². The number of aliphatic carboxylic acids is 1. The third-order valence-electron chi connectivity index (χ3n) is 4.89. The van der Waals surface area contributed by atoms with E-state index in [2.05, 4.69) is 72.8 Å². The molecule has 0 aliphatic rings. The van der Waals surface area contributed by atoms with Crippen LogP contribution in [0.15, 0.2) is 103 Å². The Balaban J connectivity index is 1.92. The van der Waals surface area contributed by atoms with Crippen LogP contribution in [0, 0.1) is 0 Å². The zero-order valence-corrected chi connectivity index (χ0v) is 17.5. The number of benzene rings is 3. The molecule has 4 heteroatoms. The summed E-state index contributed by atoms with van der Waals surface area (Å²) < 4.78 is -0.364. The average molecular weight is 419 g/mol. The number of allylic oxidation sites excluding steroid dienone is 1. The van der Waals surface area contributed by atoms with Gasteiger partial charge in [0.25, 0.3) is 0 Å². The summed E-state index contributed by atoms with van der Waals surface area (Å²) in [7, 11) is 0. The van der Waals surface area contributed by atoms with Crippen LogP contribution in [0.5, 0.6) is 0 Å². The molecule has 3 aromatic rings. The van der Waals surface area contributed by atoms with E-state index in [1.807, 2.05) is 36.0 Å². The molecule has 0 amide bonds. The van der Waals surface area contributed by atoms with Crippen molar-refractivity contribution in [2.45, 2.75) is 23.7 Å². The zero-order valence-electron chi connectivity index (χ0n) is 16.7. The van der Waals surface area contributed by atoms with Gasteiger partial charge in [0.15, 0.2) is 0 Å². The van der Waals surface area contributed by atoms with E-state index >= 15 is 0 Å². The molecule has 0 saturated heterocycles. The predicted octanol–water partition coefficient (Wildman–Crippen LogP) is 5.49. The second kappa shape index (κ2) is 10.8. The van der Waals surface area contributed by atoms with Crippen LogP contribution in [-0.2, 0) is 9.54 Å². The van der Waals surface area contributed by atoms with Crippen LogP contribution in [0.3, 0.4) is 0 Å². The number of carbonyl (C=O) groups is 1. The van der Waals surface area contributed by atoms with Gasteiger partial charge in [0.1, 0.15) is 0 Å². The summed E-state index contributed by atoms with van der Waals surface area (Å²) in [4.78, 5) is 10.7. The van der Waals surface area contributed by atoms with Crippen molar-refractivity contribution in [3.8, 4) is 0 Å². The lowest BCUT2D eigenvalue weighted by Crippen LogP contribution is -2.26. The summed E-state index contributed by atoms with van der Waals surface area (Å²) in [6.07, 6.45) is 2.95. The van der Waals surface area contributed by atoms with Crippen LogP contribution >= 0.6 is 11.8 Å². The molecule has 30 heavy (non-hydrogen) atoms. The van der Waals surface area contributed by atoms with Gasteiger partial charge in [0.2, 0.25) is 0 Å². The molecular weight excluding hydrogens is 392 g/mol. The Morgan fingerprint density at radius 3 is 1.67 bits per heavy atom. The van der Waals surface area contributed by atoms with E-state index in [1.54, 1.807) is 6.08 Å². The van der Waals surface area contributed by atoms with Crippen molar-refractivity contribution in [3.63, 3.8) is 0 Å². The van der Waals surface area contributed by atoms with Crippen LogP contribution in [-0.4, -0.2) is 28.0 Å². The predicted molar refractivity (Wildman–Crippen MR) is 124 cm³/mol. The summed E-state index contributed by atoms with van der Waals surface area (Å²) in [6.45, 7) is 0. The largest absolute Gasteiger partial charge is 0.481 e. The molecule has 0 spiro atoms. The Hall–Kier alpha value is -2.82. The van der Waals surface area contributed by atoms with Gasteiger partial charge in [-0.3, -0.25) is 4.79 Å². The molecular formula is C26H26O3S. The van der Waals surface area contributed by atoms with E-state index in [0.29, 0.717) is 0 Å². The normalized spacial score (nSPS) is 12.7. The van der Waals surface area contributed by atoms with Gasteiger partial charge in [-0.2, -0.15) is 0 Å². The molecule has 3 aromatic carbocycles. The second-order valence-electron chi connectivity index (χ2n) is 7.01. The average Bonchev–Trinajstić information content (AvgIpc) is 2.78. The molecule has 0 aromatic heterocycles. The molecule has 0 radical (unpaired) electrons. The highest BCUT2D eigenvalue weighted by Crippen LogP contribution is 2.48. The summed E-state index contributed by atoms with van der Waals surface area (Å²) in [6, 6.07) is 31.5. The minimum absolute atomic E-state index is 0.272. The zero-order chi connectivity index (χ0) is 21.2. The first-order chi connectivity index (χ1) is 14.6. The molecule has 3 rings (SSSR count). The number of thioether (sulfide) groups is 1. The lowest BCUT2D eigenvalue weighted by molar-refractivity contribution is -0.138. The first-order valence-corrected chi connectivity index (χ1v) is 11.0. The first-order valence-electron chi connectivity index (χ1n) is 10.00. The number of carboxylic acids is 1. The quantitative estimate of drug-likeness (QED) is 0.260. The van der Waals surface area contributed by atoms with Gasteiger partial charge in [-0.05, 0) is 28.9 Å². The standard InChI is InChI=1S/C26H26O3S/c27-24(20-25(28)29)18-10-11-19-30-26(21-12-4-1-5-13-21,22-14-6-2-7-15-22)23-16-8-3-9-17-23/h1-10,12-18,24,27H,11,19-20H2,(H,28,29)/b18-10+. The number of aliphatic hydroxyl groups excluding tert-OH is 1. The van der Waals surface area contributed by atoms with Gasteiger partial charge in [-0.15, -0.1) is 11.8 Å². The monoisotopic (exact) mass is 418 g/mol. The molecule has 0 heterocycles.